The molecule has 0 saturated heterocycles. The Bertz CT molecular complexity index is 203. The topological polar surface area (TPSA) is 27.1 Å². The Morgan fingerprint density at radius 3 is 1.40 bits per heavy atom. The molecule has 0 aromatic rings. The van der Waals surface area contributed by atoms with Crippen molar-refractivity contribution in [2.45, 2.75) is 90.9 Å². The Morgan fingerprint density at radius 1 is 0.700 bits per heavy atom. The fourth-order valence-corrected chi connectivity index (χ4v) is 2.86. The molecule has 1 N–H and O–H groups in total. The Kier molecular flexibility index (Phi) is 15.4. The van der Waals surface area contributed by atoms with Crippen molar-refractivity contribution in [2.75, 3.05) is 13.1 Å². The molecule has 119 valence electrons. The summed E-state index contributed by atoms with van der Waals surface area (Å²) in [6, 6.07) is 0. The van der Waals surface area contributed by atoms with Crippen LogP contribution in [0.5, 0.6) is 0 Å². The van der Waals surface area contributed by atoms with Crippen molar-refractivity contribution in [3.05, 3.63) is 0 Å². The van der Waals surface area contributed by atoms with E-state index in [0.717, 1.165) is 13.1 Å². The van der Waals surface area contributed by atoms with E-state index in [1.165, 1.54) is 77.0 Å². The van der Waals surface area contributed by atoms with Crippen LogP contribution in [0.25, 0.3) is 0 Å². The van der Waals surface area contributed by atoms with Crippen LogP contribution in [0.1, 0.15) is 90.9 Å². The summed E-state index contributed by atoms with van der Waals surface area (Å²) in [4.78, 5) is 2.22. The number of hydrogen-bond acceptors (Lipinski definition) is 1. The van der Waals surface area contributed by atoms with E-state index in [-0.39, 0.29) is 0 Å². The average molecular weight is 346 g/mol. The van der Waals surface area contributed by atoms with Gasteiger partial charge >= 0.3 is 135 Å². The second kappa shape index (κ2) is 15.4. The van der Waals surface area contributed by atoms with Crippen molar-refractivity contribution in [1.29, 1.82) is 5.41 Å². The summed E-state index contributed by atoms with van der Waals surface area (Å²) in [5, 5.41) is 7.81. The molecule has 0 aliphatic rings. The van der Waals surface area contributed by atoms with E-state index in [9.17, 15) is 0 Å². The predicted octanol–water partition coefficient (Wildman–Crippen LogP) is 5.11. The summed E-state index contributed by atoms with van der Waals surface area (Å²) < 4.78 is 0.632. The van der Waals surface area contributed by atoms with Gasteiger partial charge in [-0.3, -0.25) is 0 Å². The molecule has 0 aromatic carbocycles. The van der Waals surface area contributed by atoms with Crippen molar-refractivity contribution in [1.82, 2.24) is 4.90 Å². The van der Waals surface area contributed by atoms with E-state index < -0.39 is 0 Å². The van der Waals surface area contributed by atoms with Crippen LogP contribution < -0.4 is 0 Å². The van der Waals surface area contributed by atoms with Crippen LogP contribution in [0, 0.1) is 5.41 Å². The molecule has 0 spiro atoms. The molecule has 0 heterocycles. The average Bonchev–Trinajstić information content (AvgIpc) is 2.43. The van der Waals surface area contributed by atoms with Gasteiger partial charge in [0.2, 0.25) is 0 Å². The minimum atomic E-state index is 0.632. The Balaban J connectivity index is 3.53. The zero-order valence-corrected chi connectivity index (χ0v) is 15.5. The fraction of sp³-hybridized carbons (Fsp3) is 0.941. The SMILES string of the molecule is CCCCCCCCN(CCCCCCCC)C(=N)[Se]. The zero-order chi connectivity index (χ0) is 15.1. The zero-order valence-electron chi connectivity index (χ0n) is 13.8. The standard InChI is InChI=1S/C17H35N2Se/c1-3-5-7-9-11-13-15-19(17(18)20)16-14-12-10-8-6-4-2/h18H,3-16H2,1-2H3. The van der Waals surface area contributed by atoms with Crippen LogP contribution in [-0.2, 0) is 0 Å². The van der Waals surface area contributed by atoms with E-state index in [4.69, 9.17) is 5.41 Å². The van der Waals surface area contributed by atoms with Crippen LogP contribution in [0.4, 0.5) is 0 Å². The van der Waals surface area contributed by atoms with E-state index in [1.54, 1.807) is 0 Å². The van der Waals surface area contributed by atoms with E-state index in [1.807, 2.05) is 0 Å². The molecule has 0 aliphatic heterocycles. The van der Waals surface area contributed by atoms with E-state index in [2.05, 4.69) is 34.8 Å². The quantitative estimate of drug-likeness (QED) is 0.201. The summed E-state index contributed by atoms with van der Waals surface area (Å²) in [6.07, 6.45) is 16.0. The molecule has 2 nitrogen and oxygen atoms in total. The fourth-order valence-electron chi connectivity index (χ4n) is 2.48. The maximum absolute atomic E-state index is 7.81. The van der Waals surface area contributed by atoms with Crippen LogP contribution in [0.2, 0.25) is 0 Å². The maximum atomic E-state index is 7.81. The third kappa shape index (κ3) is 13.0. The first-order valence-electron chi connectivity index (χ1n) is 8.72. The van der Waals surface area contributed by atoms with Gasteiger partial charge in [0, 0.05) is 0 Å². The minimum absolute atomic E-state index is 0.632. The van der Waals surface area contributed by atoms with Crippen LogP contribution in [0.3, 0.4) is 0 Å². The summed E-state index contributed by atoms with van der Waals surface area (Å²) in [7, 11) is 0. The molecule has 0 saturated carbocycles. The molecular formula is C17H35N2Se. The molecule has 0 fully saturated rings. The third-order valence-electron chi connectivity index (χ3n) is 3.85. The van der Waals surface area contributed by atoms with Crippen molar-refractivity contribution in [2.24, 2.45) is 0 Å². The second-order valence-electron chi connectivity index (χ2n) is 5.83. The molecule has 20 heavy (non-hydrogen) atoms. The first kappa shape index (κ1) is 20.0. The Hall–Kier alpha value is -0.0105. The van der Waals surface area contributed by atoms with Gasteiger partial charge in [-0.15, -0.1) is 0 Å². The summed E-state index contributed by atoms with van der Waals surface area (Å²) >= 11 is 2.87. The van der Waals surface area contributed by atoms with Gasteiger partial charge in [0.05, 0.1) is 0 Å². The summed E-state index contributed by atoms with van der Waals surface area (Å²) in [5.74, 6) is 0. The van der Waals surface area contributed by atoms with Gasteiger partial charge in [0.25, 0.3) is 0 Å². The molecule has 0 aromatic heterocycles. The monoisotopic (exact) mass is 347 g/mol. The predicted molar refractivity (Wildman–Crippen MR) is 91.8 cm³/mol. The molecule has 0 rings (SSSR count). The molecule has 1 radical (unpaired) electrons. The second-order valence-corrected chi connectivity index (χ2v) is 6.64. The number of nitrogens with zero attached hydrogens (tertiary/aromatic N) is 1. The molecule has 0 aliphatic carbocycles. The molecule has 0 bridgehead atoms. The van der Waals surface area contributed by atoms with Crippen LogP contribution >= 0.6 is 0 Å². The first-order chi connectivity index (χ1) is 9.72. The van der Waals surface area contributed by atoms with Gasteiger partial charge in [-0.1, -0.05) is 0 Å². The van der Waals surface area contributed by atoms with Gasteiger partial charge in [-0.25, -0.2) is 0 Å². The van der Waals surface area contributed by atoms with Gasteiger partial charge in [-0.2, -0.15) is 0 Å². The number of hydrogen-bond donors (Lipinski definition) is 1. The Morgan fingerprint density at radius 2 is 1.05 bits per heavy atom. The molecular weight excluding hydrogens is 311 g/mol. The van der Waals surface area contributed by atoms with Crippen molar-refractivity contribution < 1.29 is 0 Å². The van der Waals surface area contributed by atoms with Gasteiger partial charge in [0.1, 0.15) is 0 Å². The van der Waals surface area contributed by atoms with Crippen LogP contribution in [-0.4, -0.2) is 38.7 Å². The normalized spacial score (nSPS) is 10.7. The van der Waals surface area contributed by atoms with Gasteiger partial charge in [-0.05, 0) is 0 Å². The third-order valence-corrected chi connectivity index (χ3v) is 4.39. The number of amidine groups is 1. The van der Waals surface area contributed by atoms with Gasteiger partial charge in [0.15, 0.2) is 0 Å². The van der Waals surface area contributed by atoms with E-state index in [0.29, 0.717) is 4.73 Å². The van der Waals surface area contributed by atoms with Crippen molar-refractivity contribution in [3.8, 4) is 0 Å². The number of nitrogens with one attached hydrogen (secondary N) is 1. The Labute approximate surface area is 135 Å². The van der Waals surface area contributed by atoms with Crippen LogP contribution in [0.15, 0.2) is 0 Å². The summed E-state index contributed by atoms with van der Waals surface area (Å²) in [5.41, 5.74) is 0. The first-order valence-corrected chi connectivity index (χ1v) is 9.58. The van der Waals surface area contributed by atoms with Crippen molar-refractivity contribution in [3.63, 3.8) is 0 Å². The molecule has 3 heteroatoms. The molecule has 0 amide bonds. The molecule has 0 unspecified atom stereocenters. The molecule has 0 atom stereocenters. The van der Waals surface area contributed by atoms with E-state index >= 15 is 0 Å². The van der Waals surface area contributed by atoms with Crippen molar-refractivity contribution >= 4 is 20.7 Å². The number of rotatable bonds is 14. The summed E-state index contributed by atoms with van der Waals surface area (Å²) in [6.45, 7) is 6.65. The number of unbranched alkanes of at least 4 members (excludes halogenated alkanes) is 10. The van der Waals surface area contributed by atoms with Gasteiger partial charge < -0.3 is 0 Å².